The summed E-state index contributed by atoms with van der Waals surface area (Å²) in [6, 6.07) is 0. The molecule has 0 aromatic carbocycles. The minimum atomic E-state index is -4.92. The highest BCUT2D eigenvalue weighted by Crippen LogP contribution is 2.20. The van der Waals surface area contributed by atoms with Gasteiger partial charge in [0.15, 0.2) is 0 Å². The van der Waals surface area contributed by atoms with Crippen molar-refractivity contribution in [2.24, 2.45) is 0 Å². The van der Waals surface area contributed by atoms with Crippen LogP contribution in [0.5, 0.6) is 0 Å². The molecule has 0 rings (SSSR count). The van der Waals surface area contributed by atoms with E-state index in [1.807, 2.05) is 0 Å². The lowest BCUT2D eigenvalue weighted by atomic mass is 10.0. The molecular weight excluding hydrogens is 518 g/mol. The van der Waals surface area contributed by atoms with Gasteiger partial charge in [0, 0.05) is 0 Å². The number of unbranched alkanes of at least 4 members (excludes halogenated alkanes) is 22. The molecule has 244 valence electrons. The van der Waals surface area contributed by atoms with Gasteiger partial charge in [-0.15, -0.1) is 0 Å². The van der Waals surface area contributed by atoms with Gasteiger partial charge in [-0.3, -0.25) is 4.55 Å². The SMILES string of the molecule is CCCCCCCCCC[N+](CCCC)(CCCCCCCCCC)CCCCCCCCCC.O=S(=O)([O-])O. The van der Waals surface area contributed by atoms with Gasteiger partial charge in [0.1, 0.15) is 0 Å². The number of rotatable bonds is 30. The average molecular weight is 592 g/mol. The van der Waals surface area contributed by atoms with E-state index in [1.165, 1.54) is 198 Å². The predicted octanol–water partition coefficient (Wildman–Crippen LogP) is 11.0. The largest absolute Gasteiger partial charge is 0.726 e. The first-order valence-corrected chi connectivity index (χ1v) is 19.1. The van der Waals surface area contributed by atoms with Gasteiger partial charge in [0.05, 0.1) is 26.2 Å². The van der Waals surface area contributed by atoms with E-state index < -0.39 is 10.4 Å². The van der Waals surface area contributed by atoms with E-state index in [0.717, 1.165) is 0 Å². The van der Waals surface area contributed by atoms with Crippen molar-refractivity contribution in [3.63, 3.8) is 0 Å². The van der Waals surface area contributed by atoms with Crippen molar-refractivity contribution in [3.8, 4) is 0 Å². The summed E-state index contributed by atoms with van der Waals surface area (Å²) in [6.45, 7) is 15.3. The first-order chi connectivity index (χ1) is 19.2. The van der Waals surface area contributed by atoms with E-state index in [4.69, 9.17) is 17.5 Å². The molecule has 0 aliphatic rings. The van der Waals surface area contributed by atoms with Crippen molar-refractivity contribution in [2.45, 2.75) is 195 Å². The van der Waals surface area contributed by atoms with E-state index in [0.29, 0.717) is 0 Å². The summed E-state index contributed by atoms with van der Waals surface area (Å²) in [7, 11) is -4.92. The average Bonchev–Trinajstić information content (AvgIpc) is 2.91. The van der Waals surface area contributed by atoms with Crippen LogP contribution < -0.4 is 0 Å². The van der Waals surface area contributed by atoms with Crippen LogP contribution in [-0.4, -0.2) is 48.2 Å². The highest BCUT2D eigenvalue weighted by Gasteiger charge is 2.25. The molecule has 0 bridgehead atoms. The van der Waals surface area contributed by atoms with Gasteiger partial charge in [-0.05, 0) is 44.9 Å². The van der Waals surface area contributed by atoms with Crippen LogP contribution in [-0.2, 0) is 10.4 Å². The Morgan fingerprint density at radius 1 is 0.400 bits per heavy atom. The zero-order valence-electron chi connectivity index (χ0n) is 27.7. The number of nitrogens with zero attached hydrogens (tertiary/aromatic N) is 1. The lowest BCUT2D eigenvalue weighted by molar-refractivity contribution is -0.929. The van der Waals surface area contributed by atoms with Crippen molar-refractivity contribution in [1.82, 2.24) is 0 Å². The molecule has 0 aliphatic carbocycles. The first-order valence-electron chi connectivity index (χ1n) is 17.8. The fourth-order valence-corrected chi connectivity index (χ4v) is 5.91. The van der Waals surface area contributed by atoms with Crippen LogP contribution >= 0.6 is 0 Å². The zero-order valence-corrected chi connectivity index (χ0v) is 28.6. The molecule has 0 aliphatic heterocycles. The van der Waals surface area contributed by atoms with Crippen LogP contribution in [0.15, 0.2) is 0 Å². The van der Waals surface area contributed by atoms with E-state index in [9.17, 15) is 0 Å². The molecule has 0 fully saturated rings. The van der Waals surface area contributed by atoms with Crippen LogP contribution in [0.1, 0.15) is 195 Å². The van der Waals surface area contributed by atoms with Crippen LogP contribution in [0, 0.1) is 0 Å². The second-order valence-electron chi connectivity index (χ2n) is 12.4. The lowest BCUT2D eigenvalue weighted by Crippen LogP contribution is -2.50. The van der Waals surface area contributed by atoms with Gasteiger partial charge in [0.25, 0.3) is 0 Å². The molecule has 0 atom stereocenters. The molecule has 5 nitrogen and oxygen atoms in total. The maximum Gasteiger partial charge on any atom is 0.215 e. The fourth-order valence-electron chi connectivity index (χ4n) is 5.91. The quantitative estimate of drug-likeness (QED) is 0.0390. The third kappa shape index (κ3) is 35.9. The first kappa shape index (κ1) is 42.0. The monoisotopic (exact) mass is 592 g/mol. The predicted molar refractivity (Wildman–Crippen MR) is 175 cm³/mol. The Bertz CT molecular complexity index is 524. The van der Waals surface area contributed by atoms with E-state index >= 15 is 0 Å². The second kappa shape index (κ2) is 31.8. The van der Waals surface area contributed by atoms with Crippen LogP contribution in [0.3, 0.4) is 0 Å². The summed E-state index contributed by atoms with van der Waals surface area (Å²) in [5, 5.41) is 0. The summed E-state index contributed by atoms with van der Waals surface area (Å²) in [5.41, 5.74) is 0. The molecule has 6 heteroatoms. The van der Waals surface area contributed by atoms with Gasteiger partial charge in [-0.1, -0.05) is 150 Å². The molecule has 0 heterocycles. The summed E-state index contributed by atoms with van der Waals surface area (Å²) in [4.78, 5) is 0. The Balaban J connectivity index is 0. The van der Waals surface area contributed by atoms with Gasteiger partial charge in [-0.2, -0.15) is 0 Å². The van der Waals surface area contributed by atoms with Crippen LogP contribution in [0.2, 0.25) is 0 Å². The Hall–Kier alpha value is -0.170. The maximum absolute atomic E-state index is 8.63. The second-order valence-corrected chi connectivity index (χ2v) is 13.3. The topological polar surface area (TPSA) is 77.4 Å². The van der Waals surface area contributed by atoms with Gasteiger partial charge >= 0.3 is 0 Å². The molecule has 0 saturated heterocycles. The summed E-state index contributed by atoms with van der Waals surface area (Å²) >= 11 is 0. The molecule has 0 spiro atoms. The van der Waals surface area contributed by atoms with Gasteiger partial charge < -0.3 is 9.04 Å². The number of hydrogen-bond donors (Lipinski definition) is 1. The molecule has 0 saturated carbocycles. The summed E-state index contributed by atoms with van der Waals surface area (Å²) in [6.07, 6.45) is 37.8. The standard InChI is InChI=1S/C34H72N.H2O4S/c1-5-9-13-16-19-22-25-28-32-35(31-12-8-4,33-29-26-23-20-17-14-10-6-2)34-30-27-24-21-18-15-11-7-3;1-5(2,3)4/h5-34H2,1-4H3;(H2,1,2,3,4)/q+1;/p-1. The van der Waals surface area contributed by atoms with Crippen molar-refractivity contribution in [1.29, 1.82) is 0 Å². The lowest BCUT2D eigenvalue weighted by Gasteiger charge is -2.39. The zero-order chi connectivity index (χ0) is 30.2. The van der Waals surface area contributed by atoms with Crippen LogP contribution in [0.4, 0.5) is 0 Å². The molecule has 0 aromatic heterocycles. The van der Waals surface area contributed by atoms with E-state index in [2.05, 4.69) is 27.7 Å². The minimum absolute atomic E-state index is 1.37. The molecular formula is C34H73NO4S. The van der Waals surface area contributed by atoms with Gasteiger partial charge in [-0.25, -0.2) is 8.42 Å². The Morgan fingerprint density at radius 2 is 0.575 bits per heavy atom. The molecule has 1 N–H and O–H groups in total. The normalized spacial score (nSPS) is 11.9. The van der Waals surface area contributed by atoms with Crippen LogP contribution in [0.25, 0.3) is 0 Å². The molecule has 0 aromatic rings. The number of quaternary nitrogens is 1. The molecule has 0 unspecified atom stereocenters. The maximum atomic E-state index is 8.63. The highest BCUT2D eigenvalue weighted by atomic mass is 32.3. The van der Waals surface area contributed by atoms with Gasteiger partial charge in [0.2, 0.25) is 10.4 Å². The summed E-state index contributed by atoms with van der Waals surface area (Å²) in [5.74, 6) is 0. The highest BCUT2D eigenvalue weighted by molar-refractivity contribution is 7.79. The van der Waals surface area contributed by atoms with Crippen molar-refractivity contribution >= 4 is 10.4 Å². The smallest absolute Gasteiger partial charge is 0.215 e. The molecule has 0 amide bonds. The molecule has 40 heavy (non-hydrogen) atoms. The summed E-state index contributed by atoms with van der Waals surface area (Å²) < 4.78 is 34.3. The van der Waals surface area contributed by atoms with Crippen molar-refractivity contribution < 1.29 is 22.0 Å². The number of hydrogen-bond acceptors (Lipinski definition) is 3. The Labute approximate surface area is 252 Å². The van der Waals surface area contributed by atoms with E-state index in [-0.39, 0.29) is 0 Å². The van der Waals surface area contributed by atoms with E-state index in [1.54, 1.807) is 0 Å². The Kier molecular flexibility index (Phi) is 33.3. The fraction of sp³-hybridized carbons (Fsp3) is 1.00. The minimum Gasteiger partial charge on any atom is -0.726 e. The van der Waals surface area contributed by atoms with Crippen molar-refractivity contribution in [3.05, 3.63) is 0 Å². The molecule has 0 radical (unpaired) electrons. The Morgan fingerprint density at radius 3 is 0.800 bits per heavy atom. The van der Waals surface area contributed by atoms with Crippen molar-refractivity contribution in [2.75, 3.05) is 26.2 Å². The third-order valence-electron chi connectivity index (χ3n) is 8.44. The third-order valence-corrected chi connectivity index (χ3v) is 8.44.